The zero-order valence-electron chi connectivity index (χ0n) is 7.66. The highest BCUT2D eigenvalue weighted by molar-refractivity contribution is 5.74. The Hall–Kier alpha value is -1.79. The summed E-state index contributed by atoms with van der Waals surface area (Å²) in [6.07, 6.45) is -1.57. The molecule has 1 rings (SSSR count). The monoisotopic (exact) mass is 213 g/mol. The number of carbonyl (C=O) groups is 1. The topological polar surface area (TPSA) is 124 Å². The first-order valence-electron chi connectivity index (χ1n) is 4.12. The van der Waals surface area contributed by atoms with Gasteiger partial charge in [-0.25, -0.2) is 0 Å². The lowest BCUT2D eigenvalue weighted by atomic mass is 10.0. The number of carboxylic acid groups (broad SMARTS) is 1. The maximum atomic E-state index is 10.5. The summed E-state index contributed by atoms with van der Waals surface area (Å²) < 4.78 is 0. The molecule has 0 saturated heterocycles. The number of hydrogen-bond donors (Lipinski definition) is 5. The molecule has 6 heteroatoms. The molecular weight excluding hydrogens is 202 g/mol. The van der Waals surface area contributed by atoms with Crippen LogP contribution < -0.4 is 5.73 Å². The van der Waals surface area contributed by atoms with Gasteiger partial charge in [0, 0.05) is 5.56 Å². The summed E-state index contributed by atoms with van der Waals surface area (Å²) in [5.41, 5.74) is 5.05. The summed E-state index contributed by atoms with van der Waals surface area (Å²) in [7, 11) is 0. The minimum Gasteiger partial charge on any atom is -0.508 e. The number of hydrogen-bond acceptors (Lipinski definition) is 5. The van der Waals surface area contributed by atoms with Crippen LogP contribution >= 0.6 is 0 Å². The summed E-state index contributed by atoms with van der Waals surface area (Å²) in [5.74, 6) is -1.92. The zero-order valence-corrected chi connectivity index (χ0v) is 7.66. The molecule has 6 N–H and O–H groups in total. The second-order valence-electron chi connectivity index (χ2n) is 3.05. The van der Waals surface area contributed by atoms with Crippen LogP contribution in [0.5, 0.6) is 11.5 Å². The van der Waals surface area contributed by atoms with Crippen LogP contribution in [0.2, 0.25) is 0 Å². The SMILES string of the molecule is NC(C(=O)O)C(O)c1cc(O)ccc1O. The number of nitrogens with two attached hydrogens (primary N) is 1. The summed E-state index contributed by atoms with van der Waals surface area (Å²) in [6.45, 7) is 0. The van der Waals surface area contributed by atoms with Crippen LogP contribution in [0.25, 0.3) is 0 Å². The Morgan fingerprint density at radius 2 is 1.93 bits per heavy atom. The van der Waals surface area contributed by atoms with E-state index in [0.717, 1.165) is 12.1 Å². The molecule has 0 saturated carbocycles. The van der Waals surface area contributed by atoms with Gasteiger partial charge in [0.25, 0.3) is 0 Å². The first-order chi connectivity index (χ1) is 6.93. The van der Waals surface area contributed by atoms with Crippen LogP contribution in [0.4, 0.5) is 0 Å². The molecule has 2 unspecified atom stereocenters. The first kappa shape index (κ1) is 11.3. The number of rotatable bonds is 3. The fourth-order valence-corrected chi connectivity index (χ4v) is 1.11. The summed E-state index contributed by atoms with van der Waals surface area (Å²) >= 11 is 0. The van der Waals surface area contributed by atoms with Crippen molar-refractivity contribution in [2.45, 2.75) is 12.1 Å². The van der Waals surface area contributed by atoms with Gasteiger partial charge in [-0.15, -0.1) is 0 Å². The molecule has 0 bridgehead atoms. The van der Waals surface area contributed by atoms with Crippen molar-refractivity contribution in [1.82, 2.24) is 0 Å². The number of aliphatic carboxylic acids is 1. The third kappa shape index (κ3) is 2.36. The zero-order chi connectivity index (χ0) is 11.6. The predicted octanol–water partition coefficient (Wildman–Crippen LogP) is -0.457. The van der Waals surface area contributed by atoms with E-state index in [4.69, 9.17) is 15.9 Å². The molecule has 0 spiro atoms. The van der Waals surface area contributed by atoms with Crippen molar-refractivity contribution in [3.05, 3.63) is 23.8 Å². The van der Waals surface area contributed by atoms with Crippen molar-refractivity contribution in [3.8, 4) is 11.5 Å². The number of benzene rings is 1. The van der Waals surface area contributed by atoms with Crippen molar-refractivity contribution in [3.63, 3.8) is 0 Å². The van der Waals surface area contributed by atoms with E-state index in [9.17, 15) is 15.0 Å². The van der Waals surface area contributed by atoms with Crippen LogP contribution in [0.3, 0.4) is 0 Å². The number of aromatic hydroxyl groups is 2. The quantitative estimate of drug-likeness (QED) is 0.433. The van der Waals surface area contributed by atoms with Crippen LogP contribution in [-0.2, 0) is 4.79 Å². The molecule has 0 amide bonds. The molecule has 6 nitrogen and oxygen atoms in total. The highest BCUT2D eigenvalue weighted by Crippen LogP contribution is 2.29. The smallest absolute Gasteiger partial charge is 0.323 e. The van der Waals surface area contributed by atoms with Gasteiger partial charge in [0.05, 0.1) is 0 Å². The number of phenols is 2. The number of aliphatic hydroxyl groups excluding tert-OH is 1. The molecule has 0 fully saturated rings. The van der Waals surface area contributed by atoms with Gasteiger partial charge in [0.1, 0.15) is 23.6 Å². The highest BCUT2D eigenvalue weighted by Gasteiger charge is 2.25. The maximum Gasteiger partial charge on any atom is 0.323 e. The van der Waals surface area contributed by atoms with Gasteiger partial charge in [0.15, 0.2) is 0 Å². The van der Waals surface area contributed by atoms with E-state index in [1.54, 1.807) is 0 Å². The molecule has 0 aromatic heterocycles. The molecule has 0 radical (unpaired) electrons. The molecule has 82 valence electrons. The van der Waals surface area contributed by atoms with E-state index >= 15 is 0 Å². The molecule has 0 heterocycles. The maximum absolute atomic E-state index is 10.5. The largest absolute Gasteiger partial charge is 0.508 e. The lowest BCUT2D eigenvalue weighted by molar-refractivity contribution is -0.141. The standard InChI is InChI=1S/C9H11NO5/c10-7(9(14)15)8(13)5-3-4(11)1-2-6(5)12/h1-3,7-8,11-13H,10H2,(H,14,15). The third-order valence-electron chi connectivity index (χ3n) is 1.96. The Labute approximate surface area is 85.2 Å². The number of carboxylic acids is 1. The Balaban J connectivity index is 3.04. The summed E-state index contributed by atoms with van der Waals surface area (Å²) in [5, 5.41) is 36.4. The van der Waals surface area contributed by atoms with E-state index in [0.29, 0.717) is 0 Å². The van der Waals surface area contributed by atoms with Gasteiger partial charge >= 0.3 is 5.97 Å². The molecule has 2 atom stereocenters. The van der Waals surface area contributed by atoms with Crippen molar-refractivity contribution >= 4 is 5.97 Å². The lowest BCUT2D eigenvalue weighted by Crippen LogP contribution is -2.36. The van der Waals surface area contributed by atoms with Crippen molar-refractivity contribution in [2.75, 3.05) is 0 Å². The van der Waals surface area contributed by atoms with E-state index in [2.05, 4.69) is 0 Å². The van der Waals surface area contributed by atoms with Gasteiger partial charge in [0.2, 0.25) is 0 Å². The minimum atomic E-state index is -1.57. The van der Waals surface area contributed by atoms with E-state index < -0.39 is 18.1 Å². The first-order valence-corrected chi connectivity index (χ1v) is 4.12. The van der Waals surface area contributed by atoms with Crippen molar-refractivity contribution < 1.29 is 25.2 Å². The van der Waals surface area contributed by atoms with Crippen LogP contribution in [0.1, 0.15) is 11.7 Å². The molecule has 1 aromatic rings. The summed E-state index contributed by atoms with van der Waals surface area (Å²) in [4.78, 5) is 10.5. The van der Waals surface area contributed by atoms with E-state index in [1.807, 2.05) is 0 Å². The molecule has 0 aliphatic heterocycles. The molecule has 0 aliphatic carbocycles. The van der Waals surface area contributed by atoms with E-state index in [1.165, 1.54) is 6.07 Å². The third-order valence-corrected chi connectivity index (χ3v) is 1.96. The number of phenolic OH excluding ortho intramolecular Hbond substituents is 2. The molecular formula is C9H11NO5. The van der Waals surface area contributed by atoms with Gasteiger partial charge in [-0.2, -0.15) is 0 Å². The van der Waals surface area contributed by atoms with Crippen molar-refractivity contribution in [1.29, 1.82) is 0 Å². The van der Waals surface area contributed by atoms with Crippen molar-refractivity contribution in [2.24, 2.45) is 5.73 Å². The number of aliphatic hydroxyl groups is 1. The lowest BCUT2D eigenvalue weighted by Gasteiger charge is -2.16. The minimum absolute atomic E-state index is 0.120. The second-order valence-corrected chi connectivity index (χ2v) is 3.05. The van der Waals surface area contributed by atoms with Gasteiger partial charge in [-0.05, 0) is 18.2 Å². The highest BCUT2D eigenvalue weighted by atomic mass is 16.4. The van der Waals surface area contributed by atoms with Crippen LogP contribution in [0, 0.1) is 0 Å². The van der Waals surface area contributed by atoms with Gasteiger partial charge < -0.3 is 26.2 Å². The predicted molar refractivity (Wildman–Crippen MR) is 50.3 cm³/mol. The second kappa shape index (κ2) is 4.16. The fourth-order valence-electron chi connectivity index (χ4n) is 1.11. The Bertz CT molecular complexity index is 379. The molecule has 15 heavy (non-hydrogen) atoms. The summed E-state index contributed by atoms with van der Waals surface area (Å²) in [6, 6.07) is 1.85. The fraction of sp³-hybridized carbons (Fsp3) is 0.222. The average molecular weight is 213 g/mol. The molecule has 0 aliphatic rings. The van der Waals surface area contributed by atoms with Gasteiger partial charge in [-0.1, -0.05) is 0 Å². The van der Waals surface area contributed by atoms with E-state index in [-0.39, 0.29) is 17.1 Å². The van der Waals surface area contributed by atoms with Gasteiger partial charge in [-0.3, -0.25) is 4.79 Å². The van der Waals surface area contributed by atoms with Crippen LogP contribution in [-0.4, -0.2) is 32.4 Å². The van der Waals surface area contributed by atoms with Crippen LogP contribution in [0.15, 0.2) is 18.2 Å². The Kier molecular flexibility index (Phi) is 3.13. The average Bonchev–Trinajstić information content (AvgIpc) is 2.19. The molecule has 1 aromatic carbocycles. The Morgan fingerprint density at radius 3 is 2.47 bits per heavy atom. The normalized spacial score (nSPS) is 14.5. The Morgan fingerprint density at radius 1 is 1.33 bits per heavy atom.